The van der Waals surface area contributed by atoms with Gasteiger partial charge in [0.25, 0.3) is 5.91 Å². The molecule has 0 aliphatic heterocycles. The first-order valence-corrected chi connectivity index (χ1v) is 7.59. The molecule has 0 fully saturated rings. The quantitative estimate of drug-likeness (QED) is 0.845. The zero-order valence-electron chi connectivity index (χ0n) is 11.8. The number of carbonyl (C=O) groups is 1. The number of thiazole rings is 1. The summed E-state index contributed by atoms with van der Waals surface area (Å²) in [6.07, 6.45) is 0.737. The van der Waals surface area contributed by atoms with Crippen molar-refractivity contribution in [2.45, 2.75) is 13.3 Å². The van der Waals surface area contributed by atoms with Gasteiger partial charge in [-0.05, 0) is 30.7 Å². The van der Waals surface area contributed by atoms with Crippen molar-refractivity contribution >= 4 is 17.2 Å². The van der Waals surface area contributed by atoms with E-state index in [1.807, 2.05) is 24.4 Å². The van der Waals surface area contributed by atoms with Crippen molar-refractivity contribution in [3.8, 4) is 11.8 Å². The summed E-state index contributed by atoms with van der Waals surface area (Å²) in [5.74, 6) is 5.66. The molecule has 0 bridgehead atoms. The molecule has 4 nitrogen and oxygen atoms in total. The minimum absolute atomic E-state index is 0.0928. The van der Waals surface area contributed by atoms with E-state index in [0.29, 0.717) is 18.7 Å². The van der Waals surface area contributed by atoms with Crippen LogP contribution < -0.4 is 11.1 Å². The number of hydrogen-bond acceptors (Lipinski definition) is 4. The Morgan fingerprint density at radius 2 is 2.29 bits per heavy atom. The van der Waals surface area contributed by atoms with Crippen molar-refractivity contribution in [2.75, 3.05) is 13.1 Å². The van der Waals surface area contributed by atoms with Crippen LogP contribution in [-0.4, -0.2) is 24.0 Å². The normalized spacial score (nSPS) is 9.81. The second-order valence-corrected chi connectivity index (χ2v) is 5.30. The minimum Gasteiger partial charge on any atom is -0.352 e. The van der Waals surface area contributed by atoms with E-state index in [2.05, 4.69) is 22.1 Å². The lowest BCUT2D eigenvalue weighted by Gasteiger charge is -2.06. The van der Waals surface area contributed by atoms with Crippen LogP contribution in [0.25, 0.3) is 0 Å². The predicted molar refractivity (Wildman–Crippen MR) is 85.3 cm³/mol. The average molecular weight is 299 g/mol. The molecule has 0 atom stereocenters. The van der Waals surface area contributed by atoms with E-state index in [-0.39, 0.29) is 5.91 Å². The molecule has 1 amide bonds. The Balaban J connectivity index is 1.99. The third-order valence-corrected chi connectivity index (χ3v) is 3.46. The molecule has 0 saturated carbocycles. The number of aromatic nitrogens is 1. The molecule has 2 aromatic rings. The predicted octanol–water partition coefficient (Wildman–Crippen LogP) is 1.73. The fraction of sp³-hybridized carbons (Fsp3) is 0.250. The Morgan fingerprint density at radius 1 is 1.43 bits per heavy atom. The molecule has 0 radical (unpaired) electrons. The summed E-state index contributed by atoms with van der Waals surface area (Å²) in [5.41, 5.74) is 10.6. The molecule has 1 heterocycles. The highest BCUT2D eigenvalue weighted by atomic mass is 32.1. The molecule has 3 N–H and O–H groups in total. The first kappa shape index (κ1) is 15.2. The highest BCUT2D eigenvalue weighted by molar-refractivity contribution is 7.07. The lowest BCUT2D eigenvalue weighted by Crippen LogP contribution is -2.25. The highest BCUT2D eigenvalue weighted by Crippen LogP contribution is 2.09. The summed E-state index contributed by atoms with van der Waals surface area (Å²) in [6, 6.07) is 5.58. The van der Waals surface area contributed by atoms with Gasteiger partial charge in [-0.25, -0.2) is 4.98 Å². The first-order valence-electron chi connectivity index (χ1n) is 6.65. The minimum atomic E-state index is -0.0928. The number of nitrogens with one attached hydrogen (secondary N) is 1. The van der Waals surface area contributed by atoms with Crippen LogP contribution >= 0.6 is 11.3 Å². The Hall–Kier alpha value is -2.16. The van der Waals surface area contributed by atoms with Gasteiger partial charge in [0.05, 0.1) is 17.7 Å². The monoisotopic (exact) mass is 299 g/mol. The third-order valence-electron chi connectivity index (χ3n) is 2.82. The number of nitrogens with zero attached hydrogens (tertiary/aromatic N) is 1. The maximum absolute atomic E-state index is 12.1. The summed E-state index contributed by atoms with van der Waals surface area (Å²) >= 11 is 1.56. The van der Waals surface area contributed by atoms with E-state index in [4.69, 9.17) is 5.73 Å². The van der Waals surface area contributed by atoms with Crippen LogP contribution in [0.5, 0.6) is 0 Å². The van der Waals surface area contributed by atoms with Gasteiger partial charge in [-0.2, -0.15) is 0 Å². The van der Waals surface area contributed by atoms with E-state index < -0.39 is 0 Å². The second kappa shape index (κ2) is 7.58. The van der Waals surface area contributed by atoms with Gasteiger partial charge in [-0.15, -0.1) is 11.3 Å². The molecule has 108 valence electrons. The number of carbonyl (C=O) groups excluding carboxylic acids is 1. The fourth-order valence-electron chi connectivity index (χ4n) is 1.91. The lowest BCUT2D eigenvalue weighted by molar-refractivity contribution is 0.0954. The van der Waals surface area contributed by atoms with Crippen molar-refractivity contribution < 1.29 is 4.79 Å². The molecule has 0 spiro atoms. The zero-order valence-corrected chi connectivity index (χ0v) is 12.7. The van der Waals surface area contributed by atoms with Crippen LogP contribution in [0.1, 0.15) is 27.2 Å². The molecular formula is C16H17N3OS. The van der Waals surface area contributed by atoms with E-state index in [0.717, 1.165) is 23.2 Å². The van der Waals surface area contributed by atoms with Crippen LogP contribution in [-0.2, 0) is 6.42 Å². The molecule has 1 aromatic heterocycles. The topological polar surface area (TPSA) is 68.0 Å². The lowest BCUT2D eigenvalue weighted by atomic mass is 10.1. The number of amides is 1. The maximum atomic E-state index is 12.1. The number of aryl methyl sites for hydroxylation is 1. The van der Waals surface area contributed by atoms with Crippen molar-refractivity contribution in [3.63, 3.8) is 0 Å². The smallest absolute Gasteiger partial charge is 0.251 e. The standard InChI is InChI=1S/C16H17N3OS/c1-12-7-13(3-2-5-17)9-14(8-12)16(20)18-6-4-15-10-21-11-19-15/h7-11H,4-6,17H2,1H3,(H,18,20). The number of rotatable bonds is 4. The number of hydrogen-bond donors (Lipinski definition) is 2. The summed E-state index contributed by atoms with van der Waals surface area (Å²) in [4.78, 5) is 16.3. The summed E-state index contributed by atoms with van der Waals surface area (Å²) in [5, 5.41) is 4.89. The molecule has 0 aliphatic rings. The SMILES string of the molecule is Cc1cc(C#CCN)cc(C(=O)NCCc2cscn2)c1. The Morgan fingerprint density at radius 3 is 3.00 bits per heavy atom. The number of benzene rings is 1. The molecule has 0 unspecified atom stereocenters. The molecule has 0 aliphatic carbocycles. The van der Waals surface area contributed by atoms with Crippen molar-refractivity contribution in [3.05, 3.63) is 51.5 Å². The van der Waals surface area contributed by atoms with Crippen LogP contribution in [0.2, 0.25) is 0 Å². The van der Waals surface area contributed by atoms with Gasteiger partial charge in [0, 0.05) is 29.5 Å². The summed E-state index contributed by atoms with van der Waals surface area (Å²) < 4.78 is 0. The van der Waals surface area contributed by atoms with Gasteiger partial charge in [0.2, 0.25) is 0 Å². The average Bonchev–Trinajstić information content (AvgIpc) is 2.97. The van der Waals surface area contributed by atoms with E-state index >= 15 is 0 Å². The largest absolute Gasteiger partial charge is 0.352 e. The van der Waals surface area contributed by atoms with Crippen LogP contribution in [0.15, 0.2) is 29.1 Å². The van der Waals surface area contributed by atoms with Gasteiger partial charge in [0.15, 0.2) is 0 Å². The number of nitrogens with two attached hydrogens (primary N) is 1. The van der Waals surface area contributed by atoms with Crippen LogP contribution in [0.4, 0.5) is 0 Å². The molecule has 1 aromatic carbocycles. The third kappa shape index (κ3) is 4.71. The second-order valence-electron chi connectivity index (χ2n) is 4.58. The fourth-order valence-corrected chi connectivity index (χ4v) is 2.50. The van der Waals surface area contributed by atoms with Gasteiger partial charge >= 0.3 is 0 Å². The molecule has 2 rings (SSSR count). The molecule has 21 heavy (non-hydrogen) atoms. The first-order chi connectivity index (χ1) is 10.2. The van der Waals surface area contributed by atoms with Crippen LogP contribution in [0.3, 0.4) is 0 Å². The van der Waals surface area contributed by atoms with E-state index in [1.165, 1.54) is 0 Å². The van der Waals surface area contributed by atoms with Crippen molar-refractivity contribution in [1.82, 2.24) is 10.3 Å². The summed E-state index contributed by atoms with van der Waals surface area (Å²) in [7, 11) is 0. The highest BCUT2D eigenvalue weighted by Gasteiger charge is 2.07. The Labute approximate surface area is 128 Å². The van der Waals surface area contributed by atoms with E-state index in [1.54, 1.807) is 22.9 Å². The van der Waals surface area contributed by atoms with Gasteiger partial charge < -0.3 is 11.1 Å². The van der Waals surface area contributed by atoms with E-state index in [9.17, 15) is 4.79 Å². The molecule has 0 saturated heterocycles. The molecular weight excluding hydrogens is 282 g/mol. The van der Waals surface area contributed by atoms with Gasteiger partial charge in [0.1, 0.15) is 0 Å². The summed E-state index contributed by atoms with van der Waals surface area (Å²) in [6.45, 7) is 2.82. The zero-order chi connectivity index (χ0) is 15.1. The van der Waals surface area contributed by atoms with Crippen LogP contribution in [0, 0.1) is 18.8 Å². The van der Waals surface area contributed by atoms with Crippen molar-refractivity contribution in [2.24, 2.45) is 5.73 Å². The molecule has 5 heteroatoms. The maximum Gasteiger partial charge on any atom is 0.251 e. The van der Waals surface area contributed by atoms with Gasteiger partial charge in [-0.1, -0.05) is 11.8 Å². The Bertz CT molecular complexity index is 669. The van der Waals surface area contributed by atoms with Crippen molar-refractivity contribution in [1.29, 1.82) is 0 Å². The Kier molecular flexibility index (Phi) is 5.50. The van der Waals surface area contributed by atoms with Gasteiger partial charge in [-0.3, -0.25) is 4.79 Å².